The van der Waals surface area contributed by atoms with E-state index in [1.807, 2.05) is 21.6 Å². The maximum Gasteiger partial charge on any atom is 0.227 e. The number of rotatable bonds is 7. The van der Waals surface area contributed by atoms with Crippen LogP contribution in [0.5, 0.6) is 0 Å². The van der Waals surface area contributed by atoms with Crippen molar-refractivity contribution in [1.29, 1.82) is 0 Å². The molecule has 8 nitrogen and oxygen atoms in total. The van der Waals surface area contributed by atoms with Crippen LogP contribution in [0.15, 0.2) is 23.2 Å². The molecule has 1 aliphatic carbocycles. The monoisotopic (exact) mass is 365 g/mol. The molecule has 0 aromatic rings. The lowest BCUT2D eigenvalue weighted by Crippen LogP contribution is -2.32. The van der Waals surface area contributed by atoms with Gasteiger partial charge in [-0.25, -0.2) is 0 Å². The lowest BCUT2D eigenvalue weighted by Gasteiger charge is -2.24. The standard InChI is InChI=1S/C12H13N3O2.C6H14O3/c16-9-7-8(13-1-2-13)12(17)11(15-5-6-15)10(9)14-3-4-14;1-2-6(3-7,4-8)5-9/h7H,1-6H2;7-9H,2-5H2,1H3. The summed E-state index contributed by atoms with van der Waals surface area (Å²) in [5.41, 5.74) is 1.22. The number of aliphatic hydroxyl groups excluding tert-OH is 3. The first-order valence-electron chi connectivity index (χ1n) is 9.12. The van der Waals surface area contributed by atoms with E-state index in [1.54, 1.807) is 0 Å². The molecular formula is C18H27N3O5. The molecule has 0 unspecified atom stereocenters. The van der Waals surface area contributed by atoms with Crippen molar-refractivity contribution in [2.24, 2.45) is 5.41 Å². The van der Waals surface area contributed by atoms with Crippen molar-refractivity contribution in [3.63, 3.8) is 0 Å². The Kier molecular flexibility index (Phi) is 5.36. The Morgan fingerprint density at radius 2 is 1.31 bits per heavy atom. The summed E-state index contributed by atoms with van der Waals surface area (Å²) < 4.78 is 0. The first-order chi connectivity index (χ1) is 12.5. The highest BCUT2D eigenvalue weighted by atomic mass is 16.3. The van der Waals surface area contributed by atoms with Crippen molar-refractivity contribution in [3.05, 3.63) is 23.2 Å². The molecule has 0 aromatic heterocycles. The number of aliphatic hydroxyl groups is 3. The molecule has 3 saturated heterocycles. The van der Waals surface area contributed by atoms with Crippen molar-refractivity contribution in [2.75, 3.05) is 59.1 Å². The van der Waals surface area contributed by atoms with E-state index >= 15 is 0 Å². The lowest BCUT2D eigenvalue weighted by molar-refractivity contribution is -0.117. The minimum atomic E-state index is -0.667. The van der Waals surface area contributed by atoms with Crippen molar-refractivity contribution < 1.29 is 24.9 Å². The average molecular weight is 365 g/mol. The molecule has 0 amide bonds. The third-order valence-corrected chi connectivity index (χ3v) is 5.24. The summed E-state index contributed by atoms with van der Waals surface area (Å²) in [6.07, 6.45) is 2.12. The summed E-state index contributed by atoms with van der Waals surface area (Å²) in [4.78, 5) is 30.5. The minimum absolute atomic E-state index is 0.00546. The number of allylic oxidation sites excluding steroid dienone is 1. The number of ketones is 2. The fourth-order valence-corrected chi connectivity index (χ4v) is 2.76. The van der Waals surface area contributed by atoms with Gasteiger partial charge in [-0.2, -0.15) is 0 Å². The first kappa shape index (κ1) is 18.9. The van der Waals surface area contributed by atoms with Crippen LogP contribution in [0.1, 0.15) is 13.3 Å². The van der Waals surface area contributed by atoms with Gasteiger partial charge in [-0.05, 0) is 6.42 Å². The van der Waals surface area contributed by atoms with Crippen LogP contribution in [0.2, 0.25) is 0 Å². The predicted molar refractivity (Wildman–Crippen MR) is 93.8 cm³/mol. The van der Waals surface area contributed by atoms with Gasteiger partial charge in [0.05, 0.1) is 25.5 Å². The quantitative estimate of drug-likeness (QED) is 0.372. The van der Waals surface area contributed by atoms with E-state index in [0.29, 0.717) is 23.5 Å². The molecule has 4 aliphatic rings. The molecule has 3 aliphatic heterocycles. The summed E-state index contributed by atoms with van der Waals surface area (Å²) in [5, 5.41) is 26.0. The minimum Gasteiger partial charge on any atom is -0.396 e. The van der Waals surface area contributed by atoms with Crippen LogP contribution in [0.25, 0.3) is 0 Å². The van der Waals surface area contributed by atoms with E-state index in [1.165, 1.54) is 6.08 Å². The Balaban J connectivity index is 0.000000188. The van der Waals surface area contributed by atoms with Gasteiger partial charge in [0.15, 0.2) is 0 Å². The van der Waals surface area contributed by atoms with E-state index in [4.69, 9.17) is 15.3 Å². The van der Waals surface area contributed by atoms with Gasteiger partial charge in [0.1, 0.15) is 11.4 Å². The van der Waals surface area contributed by atoms with Crippen LogP contribution in [-0.4, -0.2) is 101 Å². The highest BCUT2D eigenvalue weighted by Gasteiger charge is 2.43. The van der Waals surface area contributed by atoms with E-state index in [-0.39, 0.29) is 31.4 Å². The Morgan fingerprint density at radius 1 is 0.846 bits per heavy atom. The Hall–Kier alpha value is -1.90. The third kappa shape index (κ3) is 3.77. The number of nitrogens with zero attached hydrogens (tertiary/aromatic N) is 3. The van der Waals surface area contributed by atoms with Crippen molar-refractivity contribution in [3.8, 4) is 0 Å². The highest BCUT2D eigenvalue weighted by molar-refractivity contribution is 6.22. The molecule has 0 aromatic carbocycles. The molecule has 3 heterocycles. The zero-order valence-electron chi connectivity index (χ0n) is 15.1. The average Bonchev–Trinajstić information content (AvgIpc) is 3.52. The lowest BCUT2D eigenvalue weighted by atomic mass is 9.88. The van der Waals surface area contributed by atoms with E-state index < -0.39 is 5.41 Å². The number of carbonyl (C=O) groups excluding carboxylic acids is 2. The van der Waals surface area contributed by atoms with Crippen LogP contribution in [0.3, 0.4) is 0 Å². The molecule has 0 radical (unpaired) electrons. The smallest absolute Gasteiger partial charge is 0.227 e. The molecule has 8 heteroatoms. The van der Waals surface area contributed by atoms with Crippen LogP contribution in [0, 0.1) is 5.41 Å². The molecule has 3 fully saturated rings. The van der Waals surface area contributed by atoms with E-state index in [0.717, 1.165) is 39.3 Å². The number of Topliss-reactive ketones (excluding diaryl/α,β-unsaturated/α-hetero) is 1. The second-order valence-corrected chi connectivity index (χ2v) is 7.21. The molecular weight excluding hydrogens is 338 g/mol. The summed E-state index contributed by atoms with van der Waals surface area (Å²) in [5.74, 6) is 0.0485. The van der Waals surface area contributed by atoms with Gasteiger partial charge in [-0.15, -0.1) is 0 Å². The van der Waals surface area contributed by atoms with Crippen LogP contribution < -0.4 is 0 Å². The predicted octanol–water partition coefficient (Wildman–Crippen LogP) is -1.46. The van der Waals surface area contributed by atoms with E-state index in [9.17, 15) is 9.59 Å². The van der Waals surface area contributed by atoms with Gasteiger partial charge in [0.2, 0.25) is 11.6 Å². The SMILES string of the molecule is CCC(CO)(CO)CO.O=C1C=C(N2CC2)C(=O)C(N2CC2)=C1N1CC1. The second-order valence-electron chi connectivity index (χ2n) is 7.21. The molecule has 0 atom stereocenters. The van der Waals surface area contributed by atoms with Gasteiger partial charge >= 0.3 is 0 Å². The van der Waals surface area contributed by atoms with Gasteiger partial charge in [0, 0.05) is 50.8 Å². The summed E-state index contributed by atoms with van der Waals surface area (Å²) in [6.45, 7) is 6.76. The topological polar surface area (TPSA) is 104 Å². The summed E-state index contributed by atoms with van der Waals surface area (Å²) in [7, 11) is 0. The van der Waals surface area contributed by atoms with Gasteiger partial charge < -0.3 is 30.0 Å². The number of carbonyl (C=O) groups is 2. The van der Waals surface area contributed by atoms with Crippen LogP contribution in [-0.2, 0) is 9.59 Å². The number of hydrogen-bond acceptors (Lipinski definition) is 8. The molecule has 0 saturated carbocycles. The van der Waals surface area contributed by atoms with Crippen LogP contribution in [0.4, 0.5) is 0 Å². The highest BCUT2D eigenvalue weighted by Crippen LogP contribution is 2.33. The van der Waals surface area contributed by atoms with Crippen molar-refractivity contribution in [2.45, 2.75) is 13.3 Å². The Labute approximate surface area is 153 Å². The summed E-state index contributed by atoms with van der Waals surface area (Å²) >= 11 is 0. The molecule has 3 N–H and O–H groups in total. The molecule has 144 valence electrons. The van der Waals surface area contributed by atoms with Gasteiger partial charge in [-0.3, -0.25) is 9.59 Å². The van der Waals surface area contributed by atoms with Crippen molar-refractivity contribution >= 4 is 11.6 Å². The largest absolute Gasteiger partial charge is 0.396 e. The number of hydrogen-bond donors (Lipinski definition) is 3. The molecule has 0 spiro atoms. The van der Waals surface area contributed by atoms with Gasteiger partial charge in [-0.1, -0.05) is 6.92 Å². The zero-order valence-corrected chi connectivity index (χ0v) is 15.1. The fourth-order valence-electron chi connectivity index (χ4n) is 2.76. The maximum absolute atomic E-state index is 12.4. The van der Waals surface area contributed by atoms with Crippen LogP contribution >= 0.6 is 0 Å². The second kappa shape index (κ2) is 7.38. The third-order valence-electron chi connectivity index (χ3n) is 5.24. The Morgan fingerprint density at radius 3 is 1.65 bits per heavy atom. The molecule has 4 rings (SSSR count). The first-order valence-corrected chi connectivity index (χ1v) is 9.12. The molecule has 26 heavy (non-hydrogen) atoms. The van der Waals surface area contributed by atoms with Gasteiger partial charge in [0.25, 0.3) is 0 Å². The normalized spacial score (nSPS) is 21.5. The zero-order chi connectivity index (χ0) is 18.9. The molecule has 0 bridgehead atoms. The Bertz CT molecular complexity index is 624. The fraction of sp³-hybridized carbons (Fsp3) is 0.667. The maximum atomic E-state index is 12.4. The van der Waals surface area contributed by atoms with Crippen molar-refractivity contribution in [1.82, 2.24) is 14.7 Å². The summed E-state index contributed by atoms with van der Waals surface area (Å²) in [6, 6.07) is 0. The van der Waals surface area contributed by atoms with E-state index in [2.05, 4.69) is 0 Å².